The molecule has 0 bridgehead atoms. The average molecular weight is 278 g/mol. The Balaban J connectivity index is 2.07. The maximum absolute atomic E-state index is 5.97. The van der Waals surface area contributed by atoms with Crippen LogP contribution < -0.4 is 10.5 Å². The normalized spacial score (nSPS) is 10.8. The summed E-state index contributed by atoms with van der Waals surface area (Å²) in [7, 11) is 0. The fourth-order valence-electron chi connectivity index (χ4n) is 2.40. The molecule has 0 amide bonds. The molecule has 0 radical (unpaired) electrons. The van der Waals surface area contributed by atoms with Gasteiger partial charge >= 0.3 is 0 Å². The van der Waals surface area contributed by atoms with Crippen LogP contribution >= 0.6 is 0 Å². The highest BCUT2D eigenvalue weighted by Gasteiger charge is 2.08. The van der Waals surface area contributed by atoms with Crippen molar-refractivity contribution < 1.29 is 4.74 Å². The average Bonchev–Trinajstić information content (AvgIpc) is 2.50. The van der Waals surface area contributed by atoms with Gasteiger partial charge in [0.15, 0.2) is 5.75 Å². The van der Waals surface area contributed by atoms with Gasteiger partial charge in [-0.1, -0.05) is 30.3 Å². The summed E-state index contributed by atoms with van der Waals surface area (Å²) in [5, 5.41) is 1.08. The third kappa shape index (κ3) is 2.88. The van der Waals surface area contributed by atoms with Crippen LogP contribution in [0.15, 0.2) is 54.6 Å². The standard InChI is InChI=1S/C18H18N2O/c1-13-12-14-6-5-9-17(18(14)20-16(13)10-11-19)21-15-7-3-2-4-8-15/h2-9,12H,10-11,19H2,1H3. The number of aromatic nitrogens is 1. The first-order chi connectivity index (χ1) is 10.3. The highest BCUT2D eigenvalue weighted by atomic mass is 16.5. The number of pyridine rings is 1. The monoisotopic (exact) mass is 278 g/mol. The van der Waals surface area contributed by atoms with E-state index < -0.39 is 0 Å². The number of para-hydroxylation sites is 2. The Morgan fingerprint density at radius 3 is 2.62 bits per heavy atom. The van der Waals surface area contributed by atoms with Gasteiger partial charge in [-0.15, -0.1) is 0 Å². The zero-order chi connectivity index (χ0) is 14.7. The molecule has 3 heteroatoms. The number of hydrogen-bond acceptors (Lipinski definition) is 3. The third-order valence-electron chi connectivity index (χ3n) is 3.46. The van der Waals surface area contributed by atoms with Crippen LogP contribution in [0.1, 0.15) is 11.3 Å². The van der Waals surface area contributed by atoms with Gasteiger partial charge in [-0.2, -0.15) is 0 Å². The first-order valence-corrected chi connectivity index (χ1v) is 7.10. The Hall–Kier alpha value is -2.39. The van der Waals surface area contributed by atoms with E-state index in [0.29, 0.717) is 6.54 Å². The van der Waals surface area contributed by atoms with Crippen molar-refractivity contribution in [2.45, 2.75) is 13.3 Å². The maximum atomic E-state index is 5.97. The molecule has 2 N–H and O–H groups in total. The van der Waals surface area contributed by atoms with Gasteiger partial charge < -0.3 is 10.5 Å². The first-order valence-electron chi connectivity index (χ1n) is 7.10. The largest absolute Gasteiger partial charge is 0.455 e. The second kappa shape index (κ2) is 5.94. The minimum Gasteiger partial charge on any atom is -0.455 e. The minimum atomic E-state index is 0.598. The topological polar surface area (TPSA) is 48.1 Å². The first kappa shape index (κ1) is 13.6. The number of benzene rings is 2. The smallest absolute Gasteiger partial charge is 0.153 e. The molecule has 3 rings (SSSR count). The number of hydrogen-bond donors (Lipinski definition) is 1. The Morgan fingerprint density at radius 1 is 1.05 bits per heavy atom. The summed E-state index contributed by atoms with van der Waals surface area (Å²) in [6.45, 7) is 2.67. The van der Waals surface area contributed by atoms with Crippen molar-refractivity contribution in [1.82, 2.24) is 4.98 Å². The molecule has 1 heterocycles. The lowest BCUT2D eigenvalue weighted by Gasteiger charge is -2.11. The van der Waals surface area contributed by atoms with Crippen LogP contribution in [0, 0.1) is 6.92 Å². The van der Waals surface area contributed by atoms with Crippen LogP contribution in [-0.4, -0.2) is 11.5 Å². The van der Waals surface area contributed by atoms with Gasteiger partial charge in [-0.3, -0.25) is 0 Å². The van der Waals surface area contributed by atoms with Crippen LogP contribution in [0.4, 0.5) is 0 Å². The molecule has 0 unspecified atom stereocenters. The van der Waals surface area contributed by atoms with Crippen LogP contribution in [-0.2, 0) is 6.42 Å². The fourth-order valence-corrected chi connectivity index (χ4v) is 2.40. The third-order valence-corrected chi connectivity index (χ3v) is 3.46. The van der Waals surface area contributed by atoms with Gasteiger partial charge in [-0.25, -0.2) is 4.98 Å². The Bertz CT molecular complexity index is 754. The summed E-state index contributed by atoms with van der Waals surface area (Å²) >= 11 is 0. The van der Waals surface area contributed by atoms with E-state index in [1.165, 1.54) is 5.56 Å². The van der Waals surface area contributed by atoms with Gasteiger partial charge in [0.25, 0.3) is 0 Å². The molecule has 0 fully saturated rings. The quantitative estimate of drug-likeness (QED) is 0.789. The number of nitrogens with zero attached hydrogens (tertiary/aromatic N) is 1. The maximum Gasteiger partial charge on any atom is 0.153 e. The number of fused-ring (bicyclic) bond motifs is 1. The second-order valence-corrected chi connectivity index (χ2v) is 5.03. The molecule has 3 aromatic rings. The fraction of sp³-hybridized carbons (Fsp3) is 0.167. The van der Waals surface area contributed by atoms with Crippen LogP contribution in [0.5, 0.6) is 11.5 Å². The summed E-state index contributed by atoms with van der Waals surface area (Å²) in [5.74, 6) is 1.59. The van der Waals surface area contributed by atoms with Gasteiger partial charge in [-0.05, 0) is 43.3 Å². The van der Waals surface area contributed by atoms with E-state index in [2.05, 4.69) is 19.1 Å². The van der Waals surface area contributed by atoms with E-state index in [4.69, 9.17) is 15.5 Å². The molecule has 0 saturated carbocycles. The van der Waals surface area contributed by atoms with Gasteiger partial charge in [0.1, 0.15) is 11.3 Å². The minimum absolute atomic E-state index is 0.598. The molecule has 0 saturated heterocycles. The Labute approximate surface area is 124 Å². The van der Waals surface area contributed by atoms with Crippen molar-refractivity contribution >= 4 is 10.9 Å². The van der Waals surface area contributed by atoms with Gasteiger partial charge in [0.2, 0.25) is 0 Å². The number of rotatable bonds is 4. The Morgan fingerprint density at radius 2 is 1.86 bits per heavy atom. The van der Waals surface area contributed by atoms with Crippen molar-refractivity contribution in [1.29, 1.82) is 0 Å². The lowest BCUT2D eigenvalue weighted by atomic mass is 10.1. The molecule has 21 heavy (non-hydrogen) atoms. The number of aryl methyl sites for hydroxylation is 1. The summed E-state index contributed by atoms with van der Waals surface area (Å²) in [6, 6.07) is 17.9. The second-order valence-electron chi connectivity index (χ2n) is 5.03. The molecule has 0 aliphatic carbocycles. The summed E-state index contributed by atoms with van der Waals surface area (Å²) < 4.78 is 5.97. The summed E-state index contributed by atoms with van der Waals surface area (Å²) in [4.78, 5) is 4.76. The lowest BCUT2D eigenvalue weighted by Crippen LogP contribution is -2.06. The van der Waals surface area contributed by atoms with E-state index in [1.54, 1.807) is 0 Å². The van der Waals surface area contributed by atoms with Crippen molar-refractivity contribution in [2.75, 3.05) is 6.54 Å². The van der Waals surface area contributed by atoms with Gasteiger partial charge in [0.05, 0.1) is 0 Å². The molecule has 0 aliphatic heterocycles. The van der Waals surface area contributed by atoms with Crippen LogP contribution in [0.3, 0.4) is 0 Å². The zero-order valence-corrected chi connectivity index (χ0v) is 12.0. The number of nitrogens with two attached hydrogens (primary N) is 1. The molecule has 0 spiro atoms. The van der Waals surface area contributed by atoms with Crippen molar-refractivity contribution in [3.63, 3.8) is 0 Å². The molecule has 106 valence electrons. The molecule has 0 aliphatic rings. The molecule has 1 aromatic heterocycles. The zero-order valence-electron chi connectivity index (χ0n) is 12.0. The van der Waals surface area contributed by atoms with Crippen LogP contribution in [0.25, 0.3) is 10.9 Å². The number of ether oxygens (including phenoxy) is 1. The molecule has 3 nitrogen and oxygen atoms in total. The highest BCUT2D eigenvalue weighted by Crippen LogP contribution is 2.29. The van der Waals surface area contributed by atoms with Crippen molar-refractivity contribution in [3.8, 4) is 11.5 Å². The van der Waals surface area contributed by atoms with E-state index in [-0.39, 0.29) is 0 Å². The Kier molecular flexibility index (Phi) is 3.84. The predicted octanol–water partition coefficient (Wildman–Crippen LogP) is 3.84. The molecule has 2 aromatic carbocycles. The van der Waals surface area contributed by atoms with Crippen LogP contribution in [0.2, 0.25) is 0 Å². The van der Waals surface area contributed by atoms with Crippen molar-refractivity contribution in [3.05, 3.63) is 65.9 Å². The van der Waals surface area contributed by atoms with E-state index in [9.17, 15) is 0 Å². The van der Waals surface area contributed by atoms with E-state index in [0.717, 1.165) is 34.5 Å². The van der Waals surface area contributed by atoms with Crippen molar-refractivity contribution in [2.24, 2.45) is 5.73 Å². The van der Waals surface area contributed by atoms with E-state index >= 15 is 0 Å². The summed E-state index contributed by atoms with van der Waals surface area (Å²) in [6.07, 6.45) is 0.779. The summed E-state index contributed by atoms with van der Waals surface area (Å²) in [5.41, 5.74) is 8.76. The molecular weight excluding hydrogens is 260 g/mol. The van der Waals surface area contributed by atoms with E-state index in [1.807, 2.05) is 42.5 Å². The van der Waals surface area contributed by atoms with Gasteiger partial charge in [0, 0.05) is 17.5 Å². The SMILES string of the molecule is Cc1cc2cccc(Oc3ccccc3)c2nc1CCN. The highest BCUT2D eigenvalue weighted by molar-refractivity contribution is 5.85. The lowest BCUT2D eigenvalue weighted by molar-refractivity contribution is 0.487. The molecule has 0 atom stereocenters. The molecular formula is C18H18N2O. The predicted molar refractivity (Wildman–Crippen MR) is 85.8 cm³/mol.